The Bertz CT molecular complexity index is 586. The SMILES string of the molecule is O=c1ccnc(Sc2ccc(F)cc2CO)[nH]1. The van der Waals surface area contributed by atoms with Gasteiger partial charge in [0, 0.05) is 17.2 Å². The Morgan fingerprint density at radius 3 is 2.94 bits per heavy atom. The summed E-state index contributed by atoms with van der Waals surface area (Å²) in [7, 11) is 0. The number of rotatable bonds is 3. The Hall–Kier alpha value is -1.66. The van der Waals surface area contributed by atoms with Crippen LogP contribution in [0.15, 0.2) is 45.3 Å². The van der Waals surface area contributed by atoms with Gasteiger partial charge in [0.25, 0.3) is 5.56 Å². The number of aliphatic hydroxyl groups is 1. The van der Waals surface area contributed by atoms with Gasteiger partial charge >= 0.3 is 0 Å². The molecule has 0 unspecified atom stereocenters. The Morgan fingerprint density at radius 1 is 1.41 bits per heavy atom. The van der Waals surface area contributed by atoms with Crippen LogP contribution in [-0.2, 0) is 6.61 Å². The van der Waals surface area contributed by atoms with Crippen LogP contribution in [0.3, 0.4) is 0 Å². The highest BCUT2D eigenvalue weighted by atomic mass is 32.2. The van der Waals surface area contributed by atoms with Crippen LogP contribution in [0.2, 0.25) is 0 Å². The number of hydrogen-bond donors (Lipinski definition) is 2. The van der Waals surface area contributed by atoms with E-state index >= 15 is 0 Å². The minimum absolute atomic E-state index is 0.254. The van der Waals surface area contributed by atoms with Crippen LogP contribution < -0.4 is 5.56 Å². The van der Waals surface area contributed by atoms with Crippen LogP contribution in [0.25, 0.3) is 0 Å². The van der Waals surface area contributed by atoms with Crippen LogP contribution in [0.4, 0.5) is 4.39 Å². The molecule has 2 aromatic rings. The van der Waals surface area contributed by atoms with E-state index in [2.05, 4.69) is 9.97 Å². The van der Waals surface area contributed by atoms with Gasteiger partial charge in [0.15, 0.2) is 5.16 Å². The highest BCUT2D eigenvalue weighted by Crippen LogP contribution is 2.27. The standard InChI is InChI=1S/C11H9FN2O2S/c12-8-1-2-9(7(5-8)6-15)17-11-13-4-3-10(16)14-11/h1-5,15H,6H2,(H,13,14,16). The van der Waals surface area contributed by atoms with Crippen LogP contribution in [0, 0.1) is 5.82 Å². The van der Waals surface area contributed by atoms with Gasteiger partial charge in [-0.1, -0.05) is 11.8 Å². The van der Waals surface area contributed by atoms with Gasteiger partial charge < -0.3 is 10.1 Å². The molecule has 0 amide bonds. The highest BCUT2D eigenvalue weighted by molar-refractivity contribution is 7.99. The highest BCUT2D eigenvalue weighted by Gasteiger charge is 2.06. The van der Waals surface area contributed by atoms with Gasteiger partial charge in [-0.3, -0.25) is 4.79 Å². The summed E-state index contributed by atoms with van der Waals surface area (Å²) in [6.07, 6.45) is 1.39. The zero-order valence-corrected chi connectivity index (χ0v) is 9.50. The topological polar surface area (TPSA) is 66.0 Å². The Morgan fingerprint density at radius 2 is 2.24 bits per heavy atom. The van der Waals surface area contributed by atoms with Crippen molar-refractivity contribution in [2.45, 2.75) is 16.7 Å². The van der Waals surface area contributed by atoms with Crippen molar-refractivity contribution in [1.29, 1.82) is 0 Å². The molecule has 6 heteroatoms. The fraction of sp³-hybridized carbons (Fsp3) is 0.0909. The number of nitrogens with one attached hydrogen (secondary N) is 1. The molecule has 4 nitrogen and oxygen atoms in total. The molecule has 2 N–H and O–H groups in total. The van der Waals surface area contributed by atoms with E-state index in [4.69, 9.17) is 5.11 Å². The van der Waals surface area contributed by atoms with Crippen LogP contribution in [0.1, 0.15) is 5.56 Å². The first-order chi connectivity index (χ1) is 8.19. The summed E-state index contributed by atoms with van der Waals surface area (Å²) in [5.74, 6) is -0.409. The van der Waals surface area contributed by atoms with Crippen molar-refractivity contribution in [3.05, 3.63) is 52.2 Å². The second kappa shape index (κ2) is 5.11. The molecule has 1 heterocycles. The molecule has 0 fully saturated rings. The number of H-pyrrole nitrogens is 1. The average Bonchev–Trinajstić information content (AvgIpc) is 2.31. The van der Waals surface area contributed by atoms with Crippen molar-refractivity contribution in [1.82, 2.24) is 9.97 Å². The predicted octanol–water partition coefficient (Wildman–Crippen LogP) is 1.55. The van der Waals surface area contributed by atoms with Gasteiger partial charge in [0.05, 0.1) is 6.61 Å². The average molecular weight is 252 g/mol. The van der Waals surface area contributed by atoms with Crippen molar-refractivity contribution in [3.63, 3.8) is 0 Å². The molecule has 88 valence electrons. The molecule has 0 aliphatic carbocycles. The molecule has 2 rings (SSSR count). The van der Waals surface area contributed by atoms with Gasteiger partial charge in [-0.05, 0) is 23.8 Å². The first-order valence-corrected chi connectivity index (χ1v) is 5.63. The Balaban J connectivity index is 2.33. The normalized spacial score (nSPS) is 10.5. The molecule has 1 aromatic carbocycles. The van der Waals surface area contributed by atoms with E-state index in [1.54, 1.807) is 6.07 Å². The van der Waals surface area contributed by atoms with Crippen molar-refractivity contribution < 1.29 is 9.50 Å². The van der Waals surface area contributed by atoms with E-state index in [1.165, 1.54) is 36.2 Å². The monoisotopic (exact) mass is 252 g/mol. The maximum atomic E-state index is 12.9. The summed E-state index contributed by atoms with van der Waals surface area (Å²) in [5, 5.41) is 9.50. The van der Waals surface area contributed by atoms with E-state index in [0.29, 0.717) is 15.6 Å². The van der Waals surface area contributed by atoms with Gasteiger partial charge in [0.2, 0.25) is 0 Å². The zero-order chi connectivity index (χ0) is 12.3. The van der Waals surface area contributed by atoms with Gasteiger partial charge in [-0.25, -0.2) is 9.37 Å². The number of halogens is 1. The number of nitrogens with zero attached hydrogens (tertiary/aromatic N) is 1. The van der Waals surface area contributed by atoms with Crippen LogP contribution in [-0.4, -0.2) is 15.1 Å². The molecule has 0 radical (unpaired) electrons. The first-order valence-electron chi connectivity index (χ1n) is 4.81. The number of benzene rings is 1. The summed E-state index contributed by atoms with van der Waals surface area (Å²) >= 11 is 1.17. The van der Waals surface area contributed by atoms with Crippen molar-refractivity contribution in [2.75, 3.05) is 0 Å². The fourth-order valence-electron chi connectivity index (χ4n) is 1.28. The molecule has 0 saturated carbocycles. The molecule has 0 atom stereocenters. The third-order valence-corrected chi connectivity index (χ3v) is 3.07. The summed E-state index contributed by atoms with van der Waals surface area (Å²) in [6.45, 7) is -0.267. The first kappa shape index (κ1) is 11.8. The summed E-state index contributed by atoms with van der Waals surface area (Å²) in [5.41, 5.74) is 0.205. The molecular weight excluding hydrogens is 243 g/mol. The molecule has 0 saturated heterocycles. The molecule has 0 spiro atoms. The second-order valence-corrected chi connectivity index (χ2v) is 4.28. The lowest BCUT2D eigenvalue weighted by atomic mass is 10.2. The van der Waals surface area contributed by atoms with E-state index in [1.807, 2.05) is 0 Å². The lowest BCUT2D eigenvalue weighted by Gasteiger charge is -2.05. The van der Waals surface area contributed by atoms with Gasteiger partial charge in [0.1, 0.15) is 5.82 Å². The summed E-state index contributed by atoms with van der Waals surface area (Å²) in [6, 6.07) is 5.39. The van der Waals surface area contributed by atoms with Crippen molar-refractivity contribution in [2.24, 2.45) is 0 Å². The quantitative estimate of drug-likeness (QED) is 0.813. The van der Waals surface area contributed by atoms with E-state index < -0.39 is 5.82 Å². The Labute approximate surface area is 101 Å². The summed E-state index contributed by atoms with van der Waals surface area (Å²) < 4.78 is 12.9. The number of aromatic amines is 1. The number of hydrogen-bond acceptors (Lipinski definition) is 4. The maximum Gasteiger partial charge on any atom is 0.251 e. The minimum Gasteiger partial charge on any atom is -0.392 e. The smallest absolute Gasteiger partial charge is 0.251 e. The fourth-order valence-corrected chi connectivity index (χ4v) is 2.14. The predicted molar refractivity (Wildman–Crippen MR) is 61.3 cm³/mol. The third-order valence-electron chi connectivity index (χ3n) is 2.05. The van der Waals surface area contributed by atoms with E-state index in [9.17, 15) is 9.18 Å². The van der Waals surface area contributed by atoms with Crippen molar-refractivity contribution >= 4 is 11.8 Å². The minimum atomic E-state index is -0.409. The van der Waals surface area contributed by atoms with E-state index in [0.717, 1.165) is 0 Å². The van der Waals surface area contributed by atoms with Crippen LogP contribution in [0.5, 0.6) is 0 Å². The van der Waals surface area contributed by atoms with Crippen molar-refractivity contribution in [3.8, 4) is 0 Å². The molecular formula is C11H9FN2O2S. The molecule has 1 aromatic heterocycles. The van der Waals surface area contributed by atoms with Gasteiger partial charge in [-0.15, -0.1) is 0 Å². The third kappa shape index (κ3) is 2.92. The van der Waals surface area contributed by atoms with Crippen LogP contribution >= 0.6 is 11.8 Å². The maximum absolute atomic E-state index is 12.9. The molecule has 0 aliphatic rings. The van der Waals surface area contributed by atoms with E-state index in [-0.39, 0.29) is 12.2 Å². The molecule has 17 heavy (non-hydrogen) atoms. The summed E-state index contributed by atoms with van der Waals surface area (Å²) in [4.78, 5) is 18.2. The lowest BCUT2D eigenvalue weighted by molar-refractivity contribution is 0.278. The Kier molecular flexibility index (Phi) is 3.55. The molecule has 0 bridgehead atoms. The molecule has 0 aliphatic heterocycles. The van der Waals surface area contributed by atoms with Gasteiger partial charge in [-0.2, -0.15) is 0 Å². The number of aromatic nitrogens is 2. The lowest BCUT2D eigenvalue weighted by Crippen LogP contribution is -2.05. The number of aliphatic hydroxyl groups excluding tert-OH is 1. The zero-order valence-electron chi connectivity index (χ0n) is 8.68. The second-order valence-electron chi connectivity index (χ2n) is 3.25. The largest absolute Gasteiger partial charge is 0.392 e.